The summed E-state index contributed by atoms with van der Waals surface area (Å²) in [5.41, 5.74) is 1.92. The van der Waals surface area contributed by atoms with Crippen molar-refractivity contribution in [2.24, 2.45) is 0 Å². The number of hydrogen-bond acceptors (Lipinski definition) is 3. The standard InChI is InChI=1S/C15H10BrFN2O2/c16-8-1-2-10(17)9(5-8)15-18-11-6-13-14(7-12(11)19-15)21-4-3-20-13/h1-2,5-7H,3-4H2,(H,18,19). The van der Waals surface area contributed by atoms with Crippen LogP contribution in [0.5, 0.6) is 11.5 Å². The number of aromatic amines is 1. The highest BCUT2D eigenvalue weighted by Gasteiger charge is 2.16. The molecule has 0 radical (unpaired) electrons. The number of rotatable bonds is 1. The molecule has 1 aromatic heterocycles. The Hall–Kier alpha value is -2.08. The molecular formula is C15H10BrFN2O2. The van der Waals surface area contributed by atoms with Crippen molar-refractivity contribution in [3.63, 3.8) is 0 Å². The number of ether oxygens (including phenoxy) is 2. The molecule has 0 bridgehead atoms. The van der Waals surface area contributed by atoms with Crippen LogP contribution in [0.1, 0.15) is 0 Å². The van der Waals surface area contributed by atoms with E-state index in [1.54, 1.807) is 18.2 Å². The maximum absolute atomic E-state index is 14.0. The zero-order valence-corrected chi connectivity index (χ0v) is 12.4. The topological polar surface area (TPSA) is 47.1 Å². The zero-order chi connectivity index (χ0) is 14.4. The normalized spacial score (nSPS) is 13.6. The lowest BCUT2D eigenvalue weighted by atomic mass is 10.2. The average Bonchev–Trinajstić information content (AvgIpc) is 2.89. The van der Waals surface area contributed by atoms with E-state index >= 15 is 0 Å². The van der Waals surface area contributed by atoms with Gasteiger partial charge in [0.2, 0.25) is 0 Å². The van der Waals surface area contributed by atoms with Crippen LogP contribution in [0.15, 0.2) is 34.8 Å². The lowest BCUT2D eigenvalue weighted by molar-refractivity contribution is 0.172. The molecule has 6 heteroatoms. The molecule has 4 rings (SSSR count). The van der Waals surface area contributed by atoms with Crippen LogP contribution in [0.4, 0.5) is 4.39 Å². The maximum atomic E-state index is 14.0. The molecule has 106 valence electrons. The van der Waals surface area contributed by atoms with Gasteiger partial charge >= 0.3 is 0 Å². The van der Waals surface area contributed by atoms with Gasteiger partial charge in [-0.15, -0.1) is 0 Å². The van der Waals surface area contributed by atoms with E-state index in [2.05, 4.69) is 25.9 Å². The number of fused-ring (bicyclic) bond motifs is 2. The Balaban J connectivity index is 1.88. The first-order valence-corrected chi connectivity index (χ1v) is 7.25. The predicted molar refractivity (Wildman–Crippen MR) is 80.2 cm³/mol. The summed E-state index contributed by atoms with van der Waals surface area (Å²) in [5, 5.41) is 0. The van der Waals surface area contributed by atoms with Crippen molar-refractivity contribution in [1.82, 2.24) is 9.97 Å². The smallest absolute Gasteiger partial charge is 0.163 e. The molecule has 2 heterocycles. The minimum absolute atomic E-state index is 0.325. The fourth-order valence-electron chi connectivity index (χ4n) is 2.35. The van der Waals surface area contributed by atoms with Crippen LogP contribution in [-0.2, 0) is 0 Å². The number of imidazole rings is 1. The van der Waals surface area contributed by atoms with Gasteiger partial charge in [0.1, 0.15) is 24.9 Å². The SMILES string of the molecule is Fc1ccc(Br)cc1-c1nc2cc3c(cc2[nH]1)OCCO3. The third-order valence-corrected chi connectivity index (χ3v) is 3.82. The molecular weight excluding hydrogens is 339 g/mol. The second-order valence-electron chi connectivity index (χ2n) is 4.72. The number of nitrogens with one attached hydrogen (secondary N) is 1. The minimum Gasteiger partial charge on any atom is -0.486 e. The van der Waals surface area contributed by atoms with E-state index in [-0.39, 0.29) is 5.82 Å². The number of benzene rings is 2. The van der Waals surface area contributed by atoms with E-state index < -0.39 is 0 Å². The number of halogens is 2. The van der Waals surface area contributed by atoms with Crippen molar-refractivity contribution < 1.29 is 13.9 Å². The molecule has 4 nitrogen and oxygen atoms in total. The van der Waals surface area contributed by atoms with Crippen LogP contribution < -0.4 is 9.47 Å². The maximum Gasteiger partial charge on any atom is 0.163 e. The van der Waals surface area contributed by atoms with Gasteiger partial charge in [0.25, 0.3) is 0 Å². The van der Waals surface area contributed by atoms with Gasteiger partial charge in [0, 0.05) is 16.6 Å². The Morgan fingerprint density at radius 1 is 1.10 bits per heavy atom. The molecule has 0 spiro atoms. The summed E-state index contributed by atoms with van der Waals surface area (Å²) in [6, 6.07) is 8.39. The van der Waals surface area contributed by atoms with Crippen LogP contribution >= 0.6 is 15.9 Å². The summed E-state index contributed by atoms with van der Waals surface area (Å²) in [6.45, 7) is 1.05. The molecule has 1 aliphatic heterocycles. The quantitative estimate of drug-likeness (QED) is 0.725. The second kappa shape index (κ2) is 4.73. The summed E-state index contributed by atoms with van der Waals surface area (Å²) in [7, 11) is 0. The second-order valence-corrected chi connectivity index (χ2v) is 5.64. The van der Waals surface area contributed by atoms with Crippen LogP contribution in [0.25, 0.3) is 22.4 Å². The molecule has 0 amide bonds. The Morgan fingerprint density at radius 3 is 2.67 bits per heavy atom. The highest BCUT2D eigenvalue weighted by Crippen LogP contribution is 2.35. The Kier molecular flexibility index (Phi) is 2.85. The van der Waals surface area contributed by atoms with Crippen molar-refractivity contribution in [3.05, 3.63) is 40.6 Å². The Morgan fingerprint density at radius 2 is 1.86 bits per heavy atom. The highest BCUT2D eigenvalue weighted by atomic mass is 79.9. The summed E-state index contributed by atoms with van der Waals surface area (Å²) in [6.07, 6.45) is 0. The van der Waals surface area contributed by atoms with Gasteiger partial charge in [0.05, 0.1) is 16.6 Å². The molecule has 0 saturated heterocycles. The van der Waals surface area contributed by atoms with E-state index in [0.29, 0.717) is 41.6 Å². The molecule has 1 N–H and O–H groups in total. The van der Waals surface area contributed by atoms with E-state index in [0.717, 1.165) is 9.99 Å². The predicted octanol–water partition coefficient (Wildman–Crippen LogP) is 3.90. The molecule has 21 heavy (non-hydrogen) atoms. The van der Waals surface area contributed by atoms with Crippen molar-refractivity contribution in [1.29, 1.82) is 0 Å². The van der Waals surface area contributed by atoms with Gasteiger partial charge in [-0.3, -0.25) is 0 Å². The first-order valence-electron chi connectivity index (χ1n) is 6.45. The van der Waals surface area contributed by atoms with E-state index in [1.807, 2.05) is 6.07 Å². The van der Waals surface area contributed by atoms with E-state index in [9.17, 15) is 4.39 Å². The first-order chi connectivity index (χ1) is 10.2. The summed E-state index contributed by atoms with van der Waals surface area (Å²) >= 11 is 3.34. The van der Waals surface area contributed by atoms with E-state index in [4.69, 9.17) is 9.47 Å². The first kappa shape index (κ1) is 12.6. The monoisotopic (exact) mass is 348 g/mol. The number of nitrogens with zero attached hydrogens (tertiary/aromatic N) is 1. The molecule has 0 unspecified atom stereocenters. The molecule has 2 aromatic carbocycles. The Labute approximate surface area is 128 Å². The molecule has 1 aliphatic rings. The summed E-state index contributed by atoms with van der Waals surface area (Å²) < 4.78 is 25.8. The van der Waals surface area contributed by atoms with Gasteiger partial charge < -0.3 is 14.5 Å². The molecule has 0 fully saturated rings. The fraction of sp³-hybridized carbons (Fsp3) is 0.133. The van der Waals surface area contributed by atoms with Gasteiger partial charge in [-0.1, -0.05) is 15.9 Å². The van der Waals surface area contributed by atoms with Crippen LogP contribution in [0.2, 0.25) is 0 Å². The molecule has 3 aromatic rings. The van der Waals surface area contributed by atoms with Crippen LogP contribution in [-0.4, -0.2) is 23.2 Å². The molecule has 0 aliphatic carbocycles. The molecule has 0 atom stereocenters. The number of hydrogen-bond donors (Lipinski definition) is 1. The largest absolute Gasteiger partial charge is 0.486 e. The summed E-state index contributed by atoms with van der Waals surface area (Å²) in [5.74, 6) is 1.50. The third-order valence-electron chi connectivity index (χ3n) is 3.33. The fourth-order valence-corrected chi connectivity index (χ4v) is 2.71. The van der Waals surface area contributed by atoms with Crippen molar-refractivity contribution in [2.45, 2.75) is 0 Å². The van der Waals surface area contributed by atoms with Crippen molar-refractivity contribution >= 4 is 27.0 Å². The number of H-pyrrole nitrogens is 1. The van der Waals surface area contributed by atoms with Crippen LogP contribution in [0, 0.1) is 5.82 Å². The highest BCUT2D eigenvalue weighted by molar-refractivity contribution is 9.10. The lowest BCUT2D eigenvalue weighted by Crippen LogP contribution is -2.15. The Bertz CT molecular complexity index is 804. The molecule has 0 saturated carbocycles. The van der Waals surface area contributed by atoms with Gasteiger partial charge in [-0.25, -0.2) is 9.37 Å². The zero-order valence-electron chi connectivity index (χ0n) is 10.8. The minimum atomic E-state index is -0.325. The third kappa shape index (κ3) is 2.15. The van der Waals surface area contributed by atoms with Crippen molar-refractivity contribution in [3.8, 4) is 22.9 Å². The summed E-state index contributed by atoms with van der Waals surface area (Å²) in [4.78, 5) is 7.56. The average molecular weight is 349 g/mol. The van der Waals surface area contributed by atoms with Gasteiger partial charge in [-0.05, 0) is 18.2 Å². The van der Waals surface area contributed by atoms with Crippen molar-refractivity contribution in [2.75, 3.05) is 13.2 Å². The van der Waals surface area contributed by atoms with E-state index in [1.165, 1.54) is 6.07 Å². The number of aromatic nitrogens is 2. The van der Waals surface area contributed by atoms with Gasteiger partial charge in [0.15, 0.2) is 11.5 Å². The lowest BCUT2D eigenvalue weighted by Gasteiger charge is -2.17. The van der Waals surface area contributed by atoms with Crippen LogP contribution in [0.3, 0.4) is 0 Å². The van der Waals surface area contributed by atoms with Gasteiger partial charge in [-0.2, -0.15) is 0 Å².